The van der Waals surface area contributed by atoms with Crippen molar-refractivity contribution >= 4 is 17.2 Å². The Morgan fingerprint density at radius 2 is 2.22 bits per heavy atom. The zero-order valence-corrected chi connectivity index (χ0v) is 11.5. The zero-order valence-electron chi connectivity index (χ0n) is 10.7. The van der Waals surface area contributed by atoms with Gasteiger partial charge in [-0.2, -0.15) is 0 Å². The van der Waals surface area contributed by atoms with E-state index in [1.807, 2.05) is 13.0 Å². The quantitative estimate of drug-likeness (QED) is 0.803. The fraction of sp³-hybridized carbons (Fsp3) is 0.500. The van der Waals surface area contributed by atoms with E-state index in [-0.39, 0.29) is 5.82 Å². The third kappa shape index (κ3) is 3.75. The second-order valence-electron chi connectivity index (χ2n) is 4.99. The van der Waals surface area contributed by atoms with Gasteiger partial charge in [0, 0.05) is 25.6 Å². The number of rotatable bonds is 6. The molecule has 1 aliphatic carbocycles. The Balaban J connectivity index is 2.01. The molecule has 4 heteroatoms. The Morgan fingerprint density at radius 1 is 1.50 bits per heavy atom. The van der Waals surface area contributed by atoms with Crippen molar-refractivity contribution in [2.45, 2.75) is 38.8 Å². The van der Waals surface area contributed by atoms with Gasteiger partial charge in [0.1, 0.15) is 5.82 Å². The summed E-state index contributed by atoms with van der Waals surface area (Å²) in [5, 5.41) is 0. The van der Waals surface area contributed by atoms with E-state index in [0.29, 0.717) is 11.0 Å². The van der Waals surface area contributed by atoms with Gasteiger partial charge in [0.2, 0.25) is 0 Å². The van der Waals surface area contributed by atoms with Crippen molar-refractivity contribution in [1.82, 2.24) is 4.90 Å². The van der Waals surface area contributed by atoms with E-state index in [0.717, 1.165) is 25.1 Å². The molecule has 18 heavy (non-hydrogen) atoms. The fourth-order valence-electron chi connectivity index (χ4n) is 2.14. The Morgan fingerprint density at radius 3 is 2.78 bits per heavy atom. The summed E-state index contributed by atoms with van der Waals surface area (Å²) in [4.78, 5) is 2.97. The van der Waals surface area contributed by atoms with E-state index in [4.69, 9.17) is 18.0 Å². The topological polar surface area (TPSA) is 29.3 Å². The molecule has 0 atom stereocenters. The molecule has 2 N–H and O–H groups in total. The summed E-state index contributed by atoms with van der Waals surface area (Å²) < 4.78 is 13.1. The molecular formula is C14H19FN2S. The van der Waals surface area contributed by atoms with Crippen molar-refractivity contribution in [2.24, 2.45) is 5.73 Å². The minimum absolute atomic E-state index is 0.169. The van der Waals surface area contributed by atoms with E-state index in [1.54, 1.807) is 6.07 Å². The molecule has 0 amide bonds. The van der Waals surface area contributed by atoms with Gasteiger partial charge in [0.25, 0.3) is 0 Å². The predicted molar refractivity (Wildman–Crippen MR) is 76.0 cm³/mol. The van der Waals surface area contributed by atoms with Crippen LogP contribution in [0.3, 0.4) is 0 Å². The van der Waals surface area contributed by atoms with Crippen LogP contribution < -0.4 is 5.73 Å². The molecule has 0 heterocycles. The minimum Gasteiger partial charge on any atom is -0.393 e. The van der Waals surface area contributed by atoms with Gasteiger partial charge < -0.3 is 5.73 Å². The highest BCUT2D eigenvalue weighted by atomic mass is 32.1. The molecule has 0 bridgehead atoms. The first-order valence-corrected chi connectivity index (χ1v) is 6.74. The second kappa shape index (κ2) is 5.76. The van der Waals surface area contributed by atoms with Gasteiger partial charge in [-0.15, -0.1) is 0 Å². The first-order valence-electron chi connectivity index (χ1n) is 6.33. The lowest BCUT2D eigenvalue weighted by Crippen LogP contribution is -2.29. The molecule has 1 aliphatic rings. The largest absolute Gasteiger partial charge is 0.393 e. The number of nitrogens with two attached hydrogens (primary N) is 1. The standard InChI is InChI=1S/C14H19FN2S/c1-10-8-12(15)3-2-11(10)9-17(13-4-5-13)7-6-14(16)18/h2-3,8,13H,4-7,9H2,1H3,(H2,16,18). The number of thiocarbonyl (C=S) groups is 1. The summed E-state index contributed by atoms with van der Waals surface area (Å²) in [6.45, 7) is 3.72. The van der Waals surface area contributed by atoms with Crippen LogP contribution in [0, 0.1) is 12.7 Å². The summed E-state index contributed by atoms with van der Waals surface area (Å²) in [6, 6.07) is 5.65. The van der Waals surface area contributed by atoms with Gasteiger partial charge in [-0.25, -0.2) is 4.39 Å². The number of halogens is 1. The van der Waals surface area contributed by atoms with E-state index in [9.17, 15) is 4.39 Å². The summed E-state index contributed by atoms with van der Waals surface area (Å²) in [5.74, 6) is -0.169. The number of nitrogens with zero attached hydrogens (tertiary/aromatic N) is 1. The average molecular weight is 266 g/mol. The van der Waals surface area contributed by atoms with Gasteiger partial charge in [0.15, 0.2) is 0 Å². The summed E-state index contributed by atoms with van der Waals surface area (Å²) in [7, 11) is 0. The third-order valence-electron chi connectivity index (χ3n) is 3.39. The van der Waals surface area contributed by atoms with Gasteiger partial charge in [-0.1, -0.05) is 18.3 Å². The predicted octanol–water partition coefficient (Wildman–Crippen LogP) is 2.77. The van der Waals surface area contributed by atoms with Crippen molar-refractivity contribution in [3.8, 4) is 0 Å². The van der Waals surface area contributed by atoms with Gasteiger partial charge in [0.05, 0.1) is 4.99 Å². The number of benzene rings is 1. The lowest BCUT2D eigenvalue weighted by molar-refractivity contribution is 0.262. The molecule has 1 aromatic carbocycles. The average Bonchev–Trinajstić information content (AvgIpc) is 3.10. The molecular weight excluding hydrogens is 247 g/mol. The molecule has 0 spiro atoms. The molecule has 2 nitrogen and oxygen atoms in total. The van der Waals surface area contributed by atoms with Crippen LogP contribution in [-0.2, 0) is 6.54 Å². The number of hydrogen-bond acceptors (Lipinski definition) is 2. The van der Waals surface area contributed by atoms with Crippen LogP contribution in [0.2, 0.25) is 0 Å². The maximum atomic E-state index is 13.1. The maximum Gasteiger partial charge on any atom is 0.123 e. The van der Waals surface area contributed by atoms with Crippen molar-refractivity contribution < 1.29 is 4.39 Å². The lowest BCUT2D eigenvalue weighted by Gasteiger charge is -2.22. The van der Waals surface area contributed by atoms with Crippen molar-refractivity contribution in [2.75, 3.05) is 6.54 Å². The molecule has 1 saturated carbocycles. The molecule has 1 aromatic rings. The maximum absolute atomic E-state index is 13.1. The van der Waals surface area contributed by atoms with Crippen LogP contribution >= 0.6 is 12.2 Å². The van der Waals surface area contributed by atoms with Gasteiger partial charge in [-0.05, 0) is 43.0 Å². The molecule has 2 rings (SSSR count). The highest BCUT2D eigenvalue weighted by molar-refractivity contribution is 7.80. The van der Waals surface area contributed by atoms with Crippen LogP contribution in [0.4, 0.5) is 4.39 Å². The third-order valence-corrected chi connectivity index (χ3v) is 3.59. The Hall–Kier alpha value is -1.00. The lowest BCUT2D eigenvalue weighted by atomic mass is 10.1. The van der Waals surface area contributed by atoms with Crippen LogP contribution in [0.1, 0.15) is 30.4 Å². The number of aryl methyl sites for hydroxylation is 1. The first kappa shape index (κ1) is 13.4. The van der Waals surface area contributed by atoms with Crippen molar-refractivity contribution in [3.05, 3.63) is 35.1 Å². The van der Waals surface area contributed by atoms with Crippen LogP contribution in [0.15, 0.2) is 18.2 Å². The van der Waals surface area contributed by atoms with Crippen molar-refractivity contribution in [1.29, 1.82) is 0 Å². The molecule has 0 saturated heterocycles. The number of hydrogen-bond donors (Lipinski definition) is 1. The molecule has 1 fully saturated rings. The summed E-state index contributed by atoms with van der Waals surface area (Å²) in [5.41, 5.74) is 7.76. The molecule has 0 aliphatic heterocycles. The monoisotopic (exact) mass is 266 g/mol. The van der Waals surface area contributed by atoms with E-state index >= 15 is 0 Å². The summed E-state index contributed by atoms with van der Waals surface area (Å²) in [6.07, 6.45) is 3.25. The van der Waals surface area contributed by atoms with Crippen molar-refractivity contribution in [3.63, 3.8) is 0 Å². The van der Waals surface area contributed by atoms with Crippen LogP contribution in [0.25, 0.3) is 0 Å². The Labute approximate surface area is 113 Å². The first-order chi connectivity index (χ1) is 8.56. The second-order valence-corrected chi connectivity index (χ2v) is 5.51. The summed E-state index contributed by atoms with van der Waals surface area (Å²) >= 11 is 4.93. The molecule has 0 aromatic heterocycles. The minimum atomic E-state index is -0.169. The van der Waals surface area contributed by atoms with E-state index < -0.39 is 0 Å². The fourth-order valence-corrected chi connectivity index (χ4v) is 2.23. The Bertz CT molecular complexity index is 443. The molecule has 98 valence electrons. The molecule has 0 unspecified atom stereocenters. The van der Waals surface area contributed by atoms with Crippen LogP contribution in [0.5, 0.6) is 0 Å². The van der Waals surface area contributed by atoms with E-state index in [2.05, 4.69) is 4.90 Å². The Kier molecular flexibility index (Phi) is 4.30. The normalized spacial score (nSPS) is 15.1. The van der Waals surface area contributed by atoms with Crippen LogP contribution in [-0.4, -0.2) is 22.5 Å². The van der Waals surface area contributed by atoms with Gasteiger partial charge in [-0.3, -0.25) is 4.90 Å². The highest BCUT2D eigenvalue weighted by Gasteiger charge is 2.28. The highest BCUT2D eigenvalue weighted by Crippen LogP contribution is 2.29. The SMILES string of the molecule is Cc1cc(F)ccc1CN(CCC(N)=S)C1CC1. The van der Waals surface area contributed by atoms with E-state index in [1.165, 1.54) is 24.5 Å². The molecule has 0 radical (unpaired) electrons. The smallest absolute Gasteiger partial charge is 0.123 e. The zero-order chi connectivity index (χ0) is 13.1. The van der Waals surface area contributed by atoms with Gasteiger partial charge >= 0.3 is 0 Å².